The van der Waals surface area contributed by atoms with E-state index in [1.54, 1.807) is 0 Å². The molecule has 0 saturated carbocycles. The van der Waals surface area contributed by atoms with Gasteiger partial charge >= 0.3 is 0 Å². The molecule has 0 saturated heterocycles. The maximum atomic E-state index is 5.45. The van der Waals surface area contributed by atoms with E-state index < -0.39 is 0 Å². The molecule has 0 amide bonds. The van der Waals surface area contributed by atoms with Gasteiger partial charge in [0.1, 0.15) is 0 Å². The van der Waals surface area contributed by atoms with Crippen molar-refractivity contribution in [3.63, 3.8) is 0 Å². The quantitative estimate of drug-likeness (QED) is 0.555. The van der Waals surface area contributed by atoms with Crippen LogP contribution in [0.15, 0.2) is 0 Å². The topological polar surface area (TPSA) is 61.3 Å². The number of rotatable bonds is 2. The minimum atomic E-state index is -0.390. The van der Waals surface area contributed by atoms with E-state index in [9.17, 15) is 0 Å². The van der Waals surface area contributed by atoms with Crippen molar-refractivity contribution in [3.05, 3.63) is 0 Å². The first kappa shape index (κ1) is 9.88. The normalized spacial score (nSPS) is 15.9. The van der Waals surface area contributed by atoms with Gasteiger partial charge in [0.25, 0.3) is 0 Å². The Hall–Kier alpha value is -0.120. The van der Waals surface area contributed by atoms with Gasteiger partial charge in [-0.25, -0.2) is 0 Å². The predicted octanol–water partition coefficient (Wildman–Crippen LogP) is 0.434. The summed E-state index contributed by atoms with van der Waals surface area (Å²) in [6, 6.07) is 0. The van der Waals surface area contributed by atoms with Gasteiger partial charge in [0, 0.05) is 0 Å². The van der Waals surface area contributed by atoms with Gasteiger partial charge in [0.15, 0.2) is 0 Å². The molecule has 0 aliphatic rings. The molecular weight excluding hydrogens is 128 g/mol. The third-order valence-corrected chi connectivity index (χ3v) is 1.08. The van der Waals surface area contributed by atoms with Crippen LogP contribution >= 0.6 is 0 Å². The van der Waals surface area contributed by atoms with Gasteiger partial charge in [0.05, 0.1) is 17.9 Å². The third-order valence-electron chi connectivity index (χ3n) is 1.08. The van der Waals surface area contributed by atoms with Crippen LogP contribution in [0.1, 0.15) is 27.7 Å². The first-order chi connectivity index (χ1) is 4.33. The molecule has 1 atom stereocenters. The number of nitrogens with two attached hydrogens (primary N) is 2. The summed E-state index contributed by atoms with van der Waals surface area (Å²) in [6.07, 6.45) is -0.473. The first-order valence-corrected chi connectivity index (χ1v) is 3.52. The van der Waals surface area contributed by atoms with Crippen LogP contribution in [0.2, 0.25) is 0 Å². The van der Waals surface area contributed by atoms with Crippen molar-refractivity contribution >= 4 is 0 Å². The van der Waals surface area contributed by atoms with Crippen LogP contribution in [0.3, 0.4) is 0 Å². The highest BCUT2D eigenvalue weighted by molar-refractivity contribution is 4.67. The Morgan fingerprint density at radius 2 is 1.60 bits per heavy atom. The van der Waals surface area contributed by atoms with E-state index in [2.05, 4.69) is 0 Å². The van der Waals surface area contributed by atoms with Gasteiger partial charge in [-0.05, 0) is 27.7 Å². The largest absolute Gasteiger partial charge is 0.370 e. The number of hydrogen-bond donors (Lipinski definition) is 2. The van der Waals surface area contributed by atoms with Crippen molar-refractivity contribution in [1.82, 2.24) is 0 Å². The molecule has 0 aromatic carbocycles. The van der Waals surface area contributed by atoms with Crippen molar-refractivity contribution in [2.45, 2.75) is 45.6 Å². The molecule has 0 aliphatic carbocycles. The van der Waals surface area contributed by atoms with Crippen LogP contribution in [-0.2, 0) is 4.74 Å². The van der Waals surface area contributed by atoms with Gasteiger partial charge in [-0.15, -0.1) is 0 Å². The Balaban J connectivity index is 3.68. The third kappa shape index (κ3) is 4.73. The summed E-state index contributed by atoms with van der Waals surface area (Å²) in [7, 11) is 0. The molecule has 3 nitrogen and oxygen atoms in total. The molecule has 4 N–H and O–H groups in total. The maximum Gasteiger partial charge on any atom is 0.0834 e. The lowest BCUT2D eigenvalue weighted by atomic mass is 10.2. The average molecular weight is 146 g/mol. The molecule has 1 unspecified atom stereocenters. The van der Waals surface area contributed by atoms with E-state index in [0.29, 0.717) is 0 Å². The molecule has 0 aliphatic heterocycles. The minimum Gasteiger partial charge on any atom is -0.370 e. The lowest BCUT2D eigenvalue weighted by molar-refractivity contribution is -0.0604. The Morgan fingerprint density at radius 3 is 1.70 bits per heavy atom. The van der Waals surface area contributed by atoms with Crippen LogP contribution in [0.25, 0.3) is 0 Å². The fourth-order valence-corrected chi connectivity index (χ4v) is 0.636. The fraction of sp³-hybridized carbons (Fsp3) is 1.00. The van der Waals surface area contributed by atoms with Crippen molar-refractivity contribution < 1.29 is 4.74 Å². The van der Waals surface area contributed by atoms with Crippen LogP contribution in [0.4, 0.5) is 0 Å². The highest BCUT2D eigenvalue weighted by Crippen LogP contribution is 2.10. The predicted molar refractivity (Wildman–Crippen MR) is 42.5 cm³/mol. The Labute approximate surface area is 62.7 Å². The summed E-state index contributed by atoms with van der Waals surface area (Å²) >= 11 is 0. The number of ether oxygens (including phenoxy) is 1. The second kappa shape index (κ2) is 3.32. The van der Waals surface area contributed by atoms with E-state index >= 15 is 0 Å². The monoisotopic (exact) mass is 146 g/mol. The summed E-state index contributed by atoms with van der Waals surface area (Å²) < 4.78 is 5.45. The van der Waals surface area contributed by atoms with Crippen molar-refractivity contribution in [2.24, 2.45) is 11.5 Å². The highest BCUT2D eigenvalue weighted by Gasteiger charge is 2.17. The molecule has 0 fully saturated rings. The van der Waals surface area contributed by atoms with Gasteiger partial charge in [0.2, 0.25) is 0 Å². The summed E-state index contributed by atoms with van der Waals surface area (Å²) in [4.78, 5) is 0. The molecule has 3 heteroatoms. The zero-order valence-electron chi connectivity index (χ0n) is 7.22. The molecule has 62 valence electrons. The van der Waals surface area contributed by atoms with Crippen molar-refractivity contribution in [2.75, 3.05) is 0 Å². The van der Waals surface area contributed by atoms with Crippen LogP contribution in [0.5, 0.6) is 0 Å². The fourth-order valence-electron chi connectivity index (χ4n) is 0.636. The Morgan fingerprint density at radius 1 is 1.20 bits per heavy atom. The highest BCUT2D eigenvalue weighted by atomic mass is 16.5. The van der Waals surface area contributed by atoms with Crippen molar-refractivity contribution in [1.29, 1.82) is 0 Å². The lowest BCUT2D eigenvalue weighted by Crippen LogP contribution is -2.45. The molecular formula is C7H18N2O. The zero-order chi connectivity index (χ0) is 8.36. The minimum absolute atomic E-state index is 0.0833. The van der Waals surface area contributed by atoms with E-state index in [1.807, 2.05) is 27.7 Å². The van der Waals surface area contributed by atoms with E-state index in [1.165, 1.54) is 0 Å². The summed E-state index contributed by atoms with van der Waals surface area (Å²) in [6.45, 7) is 7.81. The summed E-state index contributed by atoms with van der Waals surface area (Å²) in [5, 5.41) is 0. The maximum absolute atomic E-state index is 5.45. The van der Waals surface area contributed by atoms with Crippen molar-refractivity contribution in [3.8, 4) is 0 Å². The van der Waals surface area contributed by atoms with Gasteiger partial charge in [-0.2, -0.15) is 0 Å². The van der Waals surface area contributed by atoms with E-state index in [4.69, 9.17) is 16.2 Å². The van der Waals surface area contributed by atoms with Gasteiger partial charge < -0.3 is 16.2 Å². The molecule has 0 aromatic heterocycles. The van der Waals surface area contributed by atoms with Crippen LogP contribution < -0.4 is 11.5 Å². The molecule has 10 heavy (non-hydrogen) atoms. The molecule has 0 aromatic rings. The van der Waals surface area contributed by atoms with Gasteiger partial charge in [-0.1, -0.05) is 0 Å². The lowest BCUT2D eigenvalue weighted by Gasteiger charge is -2.26. The summed E-state index contributed by atoms with van der Waals surface area (Å²) in [5.41, 5.74) is 10.6. The summed E-state index contributed by atoms with van der Waals surface area (Å²) in [5.74, 6) is 0. The standard InChI is InChI=1S/C7H18N2O/c1-5(6(8)9)10-7(2,3)4/h5-6H,8-9H2,1-4H3. The molecule has 0 radical (unpaired) electrons. The molecule has 0 heterocycles. The SMILES string of the molecule is CC(OC(C)(C)C)C(N)N. The van der Waals surface area contributed by atoms with E-state index in [0.717, 1.165) is 0 Å². The smallest absolute Gasteiger partial charge is 0.0834 e. The molecule has 0 spiro atoms. The Kier molecular flexibility index (Phi) is 3.28. The van der Waals surface area contributed by atoms with Gasteiger partial charge in [-0.3, -0.25) is 0 Å². The van der Waals surface area contributed by atoms with E-state index in [-0.39, 0.29) is 17.9 Å². The second-order valence-corrected chi connectivity index (χ2v) is 3.51. The first-order valence-electron chi connectivity index (χ1n) is 3.52. The Bertz CT molecular complexity index is 96.3. The molecule has 0 bridgehead atoms. The van der Waals surface area contributed by atoms with Crippen LogP contribution in [-0.4, -0.2) is 17.9 Å². The second-order valence-electron chi connectivity index (χ2n) is 3.51. The average Bonchev–Trinajstić information content (AvgIpc) is 1.60. The number of hydrogen-bond acceptors (Lipinski definition) is 3. The molecule has 0 rings (SSSR count). The zero-order valence-corrected chi connectivity index (χ0v) is 7.22. The van der Waals surface area contributed by atoms with Crippen LogP contribution in [0, 0.1) is 0 Å².